The van der Waals surface area contributed by atoms with Crippen molar-refractivity contribution >= 4 is 12.1 Å². The summed E-state index contributed by atoms with van der Waals surface area (Å²) in [5, 5.41) is 4.02. The first-order valence-corrected chi connectivity index (χ1v) is 7.90. The van der Waals surface area contributed by atoms with Gasteiger partial charge in [0.15, 0.2) is 11.5 Å². The minimum absolute atomic E-state index is 0.170. The molecular weight excluding hydrogens is 304 g/mol. The summed E-state index contributed by atoms with van der Waals surface area (Å²) < 4.78 is 11.0. The van der Waals surface area contributed by atoms with Gasteiger partial charge in [-0.15, -0.1) is 0 Å². The normalized spacial score (nSPS) is 10.6. The fourth-order valence-electron chi connectivity index (χ4n) is 2.15. The van der Waals surface area contributed by atoms with Gasteiger partial charge in [0.1, 0.15) is 0 Å². The molecule has 1 amide bonds. The number of methoxy groups -OCH3 is 1. The Balaban J connectivity index is 2.01. The molecule has 0 saturated carbocycles. The van der Waals surface area contributed by atoms with Crippen LogP contribution in [-0.2, 0) is 11.2 Å². The van der Waals surface area contributed by atoms with Crippen LogP contribution in [0.15, 0.2) is 53.6 Å². The molecule has 0 spiro atoms. The van der Waals surface area contributed by atoms with Crippen LogP contribution < -0.4 is 14.9 Å². The van der Waals surface area contributed by atoms with Crippen molar-refractivity contribution < 1.29 is 14.3 Å². The standard InChI is InChI=1S/C19H22N2O3/c1-3-12-24-19-16(10-7-11-17(19)23-2)14-20-21-18(22)13-15-8-5-4-6-9-15/h4-11,14H,3,12-13H2,1-2H3,(H,21,22)/b20-14-. The molecule has 0 aliphatic heterocycles. The van der Waals surface area contributed by atoms with E-state index in [1.165, 1.54) is 0 Å². The van der Waals surface area contributed by atoms with E-state index in [4.69, 9.17) is 9.47 Å². The van der Waals surface area contributed by atoms with Gasteiger partial charge in [-0.25, -0.2) is 5.43 Å². The molecule has 0 aliphatic carbocycles. The number of benzene rings is 2. The lowest BCUT2D eigenvalue weighted by atomic mass is 10.1. The number of hydrogen-bond acceptors (Lipinski definition) is 4. The molecule has 1 N–H and O–H groups in total. The number of hydrazone groups is 1. The summed E-state index contributed by atoms with van der Waals surface area (Å²) in [7, 11) is 1.59. The highest BCUT2D eigenvalue weighted by molar-refractivity contribution is 5.86. The SMILES string of the molecule is CCCOc1c(/C=N\NC(=O)Cc2ccccc2)cccc1OC. The maximum atomic E-state index is 11.9. The van der Waals surface area contributed by atoms with Crippen molar-refractivity contribution in [3.8, 4) is 11.5 Å². The average molecular weight is 326 g/mol. The van der Waals surface area contributed by atoms with E-state index >= 15 is 0 Å². The zero-order valence-corrected chi connectivity index (χ0v) is 14.0. The Morgan fingerprint density at radius 2 is 1.96 bits per heavy atom. The number of para-hydroxylation sites is 1. The molecule has 0 fully saturated rings. The van der Waals surface area contributed by atoms with Gasteiger partial charge in [-0.05, 0) is 24.1 Å². The summed E-state index contributed by atoms with van der Waals surface area (Å²) in [6.45, 7) is 2.62. The number of nitrogens with one attached hydrogen (secondary N) is 1. The highest BCUT2D eigenvalue weighted by atomic mass is 16.5. The van der Waals surface area contributed by atoms with Gasteiger partial charge in [-0.1, -0.05) is 43.3 Å². The minimum atomic E-state index is -0.170. The first-order valence-electron chi connectivity index (χ1n) is 7.90. The number of hydrogen-bond donors (Lipinski definition) is 1. The molecule has 0 heterocycles. The van der Waals surface area contributed by atoms with Gasteiger partial charge in [0, 0.05) is 5.56 Å². The molecule has 2 aromatic rings. The van der Waals surface area contributed by atoms with E-state index in [0.717, 1.165) is 17.5 Å². The first-order chi connectivity index (χ1) is 11.7. The van der Waals surface area contributed by atoms with E-state index in [1.807, 2.05) is 55.5 Å². The Labute approximate surface area is 142 Å². The van der Waals surface area contributed by atoms with E-state index < -0.39 is 0 Å². The van der Waals surface area contributed by atoms with Gasteiger partial charge in [0.25, 0.3) is 0 Å². The number of carbonyl (C=O) groups excluding carboxylic acids is 1. The Morgan fingerprint density at radius 3 is 2.67 bits per heavy atom. The van der Waals surface area contributed by atoms with E-state index in [9.17, 15) is 4.79 Å². The molecule has 0 radical (unpaired) electrons. The summed E-state index contributed by atoms with van der Waals surface area (Å²) in [4.78, 5) is 11.9. The maximum Gasteiger partial charge on any atom is 0.244 e. The highest BCUT2D eigenvalue weighted by Gasteiger charge is 2.09. The molecule has 24 heavy (non-hydrogen) atoms. The third-order valence-corrected chi connectivity index (χ3v) is 3.28. The monoisotopic (exact) mass is 326 g/mol. The molecule has 126 valence electrons. The largest absolute Gasteiger partial charge is 0.493 e. The third kappa shape index (κ3) is 5.12. The molecule has 0 unspecified atom stereocenters. The molecule has 0 aromatic heterocycles. The number of nitrogens with zero attached hydrogens (tertiary/aromatic N) is 1. The number of rotatable bonds is 8. The molecule has 0 bridgehead atoms. The smallest absolute Gasteiger partial charge is 0.244 e. The molecule has 2 aromatic carbocycles. The summed E-state index contributed by atoms with van der Waals surface area (Å²) in [5.41, 5.74) is 4.23. The number of ether oxygens (including phenoxy) is 2. The van der Waals surface area contributed by atoms with E-state index in [1.54, 1.807) is 13.3 Å². The number of amides is 1. The van der Waals surface area contributed by atoms with Crippen LogP contribution >= 0.6 is 0 Å². The van der Waals surface area contributed by atoms with Crippen LogP contribution in [0.3, 0.4) is 0 Å². The second kappa shape index (κ2) is 9.35. The van der Waals surface area contributed by atoms with Gasteiger partial charge < -0.3 is 9.47 Å². The van der Waals surface area contributed by atoms with E-state index in [2.05, 4.69) is 10.5 Å². The molecule has 5 nitrogen and oxygen atoms in total. The second-order valence-corrected chi connectivity index (χ2v) is 5.18. The lowest BCUT2D eigenvalue weighted by molar-refractivity contribution is -0.120. The van der Waals surface area contributed by atoms with Gasteiger partial charge in [0.2, 0.25) is 5.91 Å². The van der Waals surface area contributed by atoms with Crippen LogP contribution in [0.4, 0.5) is 0 Å². The van der Waals surface area contributed by atoms with Crippen LogP contribution in [0.2, 0.25) is 0 Å². The van der Waals surface area contributed by atoms with Crippen LogP contribution in [0.1, 0.15) is 24.5 Å². The van der Waals surface area contributed by atoms with Crippen molar-refractivity contribution in [2.75, 3.05) is 13.7 Å². The molecule has 0 saturated heterocycles. The zero-order valence-electron chi connectivity index (χ0n) is 14.0. The molecule has 0 aliphatic rings. The number of carbonyl (C=O) groups is 1. The summed E-state index contributed by atoms with van der Waals surface area (Å²) in [5.74, 6) is 1.10. The fourth-order valence-corrected chi connectivity index (χ4v) is 2.15. The zero-order chi connectivity index (χ0) is 17.2. The van der Waals surface area contributed by atoms with Gasteiger partial charge in [-0.3, -0.25) is 4.79 Å². The Bertz CT molecular complexity index is 684. The fraction of sp³-hybridized carbons (Fsp3) is 0.263. The van der Waals surface area contributed by atoms with E-state index in [0.29, 0.717) is 18.1 Å². The van der Waals surface area contributed by atoms with E-state index in [-0.39, 0.29) is 12.3 Å². The van der Waals surface area contributed by atoms with Crippen LogP contribution in [0.5, 0.6) is 11.5 Å². The molecule has 2 rings (SSSR count). The second-order valence-electron chi connectivity index (χ2n) is 5.18. The lowest BCUT2D eigenvalue weighted by Gasteiger charge is -2.12. The first kappa shape index (κ1) is 17.5. The average Bonchev–Trinajstić information content (AvgIpc) is 2.61. The van der Waals surface area contributed by atoms with Gasteiger partial charge in [-0.2, -0.15) is 5.10 Å². The van der Waals surface area contributed by atoms with Crippen molar-refractivity contribution in [3.63, 3.8) is 0 Å². The summed E-state index contributed by atoms with van der Waals surface area (Å²) in [6.07, 6.45) is 2.74. The van der Waals surface area contributed by atoms with Crippen molar-refractivity contribution in [2.45, 2.75) is 19.8 Å². The molecular formula is C19H22N2O3. The Kier molecular flexibility index (Phi) is 6.83. The van der Waals surface area contributed by atoms with Crippen molar-refractivity contribution in [1.82, 2.24) is 5.43 Å². The van der Waals surface area contributed by atoms with Crippen LogP contribution in [0.25, 0.3) is 0 Å². The third-order valence-electron chi connectivity index (χ3n) is 3.28. The predicted octanol–water partition coefficient (Wildman–Crippen LogP) is 3.18. The molecule has 5 heteroatoms. The minimum Gasteiger partial charge on any atom is -0.493 e. The summed E-state index contributed by atoms with van der Waals surface area (Å²) in [6, 6.07) is 15.1. The van der Waals surface area contributed by atoms with Crippen molar-refractivity contribution in [2.24, 2.45) is 5.10 Å². The Hall–Kier alpha value is -2.82. The topological polar surface area (TPSA) is 59.9 Å². The quantitative estimate of drug-likeness (QED) is 0.599. The van der Waals surface area contributed by atoms with Crippen molar-refractivity contribution in [3.05, 3.63) is 59.7 Å². The lowest BCUT2D eigenvalue weighted by Crippen LogP contribution is -2.19. The van der Waals surface area contributed by atoms with Gasteiger partial charge >= 0.3 is 0 Å². The Morgan fingerprint density at radius 1 is 1.17 bits per heavy atom. The van der Waals surface area contributed by atoms with Crippen molar-refractivity contribution in [1.29, 1.82) is 0 Å². The highest BCUT2D eigenvalue weighted by Crippen LogP contribution is 2.30. The van der Waals surface area contributed by atoms with Crippen LogP contribution in [0, 0.1) is 0 Å². The predicted molar refractivity (Wildman–Crippen MR) is 94.7 cm³/mol. The summed E-state index contributed by atoms with van der Waals surface area (Å²) >= 11 is 0. The van der Waals surface area contributed by atoms with Gasteiger partial charge in [0.05, 0.1) is 26.4 Å². The molecule has 0 atom stereocenters. The maximum absolute atomic E-state index is 11.9. The van der Waals surface area contributed by atoms with Crippen LogP contribution in [-0.4, -0.2) is 25.8 Å².